The van der Waals surface area contributed by atoms with E-state index in [1.807, 2.05) is 0 Å². The Hall–Kier alpha value is -1.55. The van der Waals surface area contributed by atoms with Gasteiger partial charge in [0.1, 0.15) is 5.75 Å². The van der Waals surface area contributed by atoms with E-state index < -0.39 is 0 Å². The number of carbonyl (C=O) groups is 1. The third-order valence-corrected chi connectivity index (χ3v) is 2.02. The van der Waals surface area contributed by atoms with Crippen molar-refractivity contribution in [2.24, 2.45) is 5.73 Å². The second-order valence-corrected chi connectivity index (χ2v) is 3.13. The molecular weight excluding hydrogens is 192 g/mol. The van der Waals surface area contributed by atoms with E-state index >= 15 is 0 Å². The average molecular weight is 208 g/mol. The molecule has 1 rings (SSSR count). The highest BCUT2D eigenvalue weighted by Gasteiger charge is 2.03. The third-order valence-electron chi connectivity index (χ3n) is 2.02. The van der Waals surface area contributed by atoms with Crippen LogP contribution < -0.4 is 15.8 Å². The fourth-order valence-corrected chi connectivity index (χ4v) is 1.15. The number of hydrogen-bond donors (Lipinski definition) is 2. The number of hydrogen-bond acceptors (Lipinski definition) is 3. The van der Waals surface area contributed by atoms with Crippen molar-refractivity contribution in [1.29, 1.82) is 0 Å². The fourth-order valence-electron chi connectivity index (χ4n) is 1.15. The van der Waals surface area contributed by atoms with Crippen LogP contribution in [0.5, 0.6) is 5.75 Å². The lowest BCUT2D eigenvalue weighted by Crippen LogP contribution is -2.25. The van der Waals surface area contributed by atoms with Gasteiger partial charge < -0.3 is 15.8 Å². The first kappa shape index (κ1) is 11.5. The van der Waals surface area contributed by atoms with E-state index in [1.54, 1.807) is 31.4 Å². The predicted molar refractivity (Wildman–Crippen MR) is 59.0 cm³/mol. The summed E-state index contributed by atoms with van der Waals surface area (Å²) in [6.45, 7) is 1.20. The Morgan fingerprint density at radius 2 is 2.07 bits per heavy atom. The van der Waals surface area contributed by atoms with Gasteiger partial charge in [-0.3, -0.25) is 4.79 Å². The molecule has 15 heavy (non-hydrogen) atoms. The maximum absolute atomic E-state index is 11.5. The lowest BCUT2D eigenvalue weighted by Gasteiger charge is -2.04. The molecule has 0 heterocycles. The number of rotatable bonds is 5. The summed E-state index contributed by atoms with van der Waals surface area (Å²) >= 11 is 0. The van der Waals surface area contributed by atoms with Crippen molar-refractivity contribution < 1.29 is 9.53 Å². The normalized spacial score (nSPS) is 9.73. The minimum Gasteiger partial charge on any atom is -0.497 e. The zero-order chi connectivity index (χ0) is 11.1. The molecule has 0 fully saturated rings. The first-order valence-corrected chi connectivity index (χ1v) is 4.90. The largest absolute Gasteiger partial charge is 0.497 e. The molecule has 0 aliphatic heterocycles. The van der Waals surface area contributed by atoms with Gasteiger partial charge in [-0.2, -0.15) is 0 Å². The summed E-state index contributed by atoms with van der Waals surface area (Å²) in [6, 6.07) is 6.99. The van der Waals surface area contributed by atoms with E-state index in [1.165, 1.54) is 0 Å². The Kier molecular flexibility index (Phi) is 4.63. The van der Waals surface area contributed by atoms with Gasteiger partial charge in [0.2, 0.25) is 0 Å². The molecule has 0 unspecified atom stereocenters. The van der Waals surface area contributed by atoms with Crippen LogP contribution in [0.4, 0.5) is 0 Å². The number of nitrogens with two attached hydrogens (primary N) is 1. The molecule has 0 saturated heterocycles. The summed E-state index contributed by atoms with van der Waals surface area (Å²) in [5, 5.41) is 2.78. The second kappa shape index (κ2) is 6.03. The predicted octanol–water partition coefficient (Wildman–Crippen LogP) is 0.774. The first-order valence-electron chi connectivity index (χ1n) is 4.90. The summed E-state index contributed by atoms with van der Waals surface area (Å²) < 4.78 is 5.00. The van der Waals surface area contributed by atoms with Gasteiger partial charge in [0.25, 0.3) is 5.91 Å². The number of methoxy groups -OCH3 is 1. The van der Waals surface area contributed by atoms with Crippen molar-refractivity contribution in [3.63, 3.8) is 0 Å². The minimum absolute atomic E-state index is 0.0777. The summed E-state index contributed by atoms with van der Waals surface area (Å²) in [4.78, 5) is 11.5. The molecule has 1 aromatic carbocycles. The zero-order valence-electron chi connectivity index (χ0n) is 8.82. The van der Waals surface area contributed by atoms with Crippen molar-refractivity contribution >= 4 is 5.91 Å². The van der Waals surface area contributed by atoms with Gasteiger partial charge in [-0.15, -0.1) is 0 Å². The van der Waals surface area contributed by atoms with Gasteiger partial charge in [0.15, 0.2) is 0 Å². The molecule has 4 heteroatoms. The molecule has 3 N–H and O–H groups in total. The molecule has 0 aliphatic rings. The minimum atomic E-state index is -0.0777. The SMILES string of the molecule is COc1ccc(C(=O)NCCCN)cc1. The molecule has 0 aliphatic carbocycles. The number of benzene rings is 1. The highest BCUT2D eigenvalue weighted by atomic mass is 16.5. The number of carbonyl (C=O) groups excluding carboxylic acids is 1. The molecule has 82 valence electrons. The van der Waals surface area contributed by atoms with E-state index in [9.17, 15) is 4.79 Å². The summed E-state index contributed by atoms with van der Waals surface area (Å²) in [5.74, 6) is 0.666. The Balaban J connectivity index is 2.50. The Morgan fingerprint density at radius 3 is 2.60 bits per heavy atom. The van der Waals surface area contributed by atoms with E-state index in [4.69, 9.17) is 10.5 Å². The number of amides is 1. The van der Waals surface area contributed by atoms with Crippen LogP contribution in [0.15, 0.2) is 24.3 Å². The van der Waals surface area contributed by atoms with Crippen LogP contribution in [-0.2, 0) is 0 Å². The van der Waals surface area contributed by atoms with Crippen LogP contribution in [0.25, 0.3) is 0 Å². The van der Waals surface area contributed by atoms with Gasteiger partial charge in [0.05, 0.1) is 7.11 Å². The maximum atomic E-state index is 11.5. The summed E-state index contributed by atoms with van der Waals surface area (Å²) in [5.41, 5.74) is 5.96. The van der Waals surface area contributed by atoms with Crippen molar-refractivity contribution in [2.75, 3.05) is 20.2 Å². The molecule has 0 bridgehead atoms. The van der Waals surface area contributed by atoms with Gasteiger partial charge in [-0.05, 0) is 37.2 Å². The van der Waals surface area contributed by atoms with Crippen LogP contribution in [0.1, 0.15) is 16.8 Å². The van der Waals surface area contributed by atoms with Crippen LogP contribution in [-0.4, -0.2) is 26.1 Å². The molecule has 0 spiro atoms. The lowest BCUT2D eigenvalue weighted by molar-refractivity contribution is 0.0953. The quantitative estimate of drug-likeness (QED) is 0.703. The molecule has 0 radical (unpaired) electrons. The smallest absolute Gasteiger partial charge is 0.251 e. The van der Waals surface area contributed by atoms with E-state index in [0.717, 1.165) is 12.2 Å². The molecular formula is C11H16N2O2. The van der Waals surface area contributed by atoms with Crippen molar-refractivity contribution in [3.05, 3.63) is 29.8 Å². The van der Waals surface area contributed by atoms with Gasteiger partial charge >= 0.3 is 0 Å². The lowest BCUT2D eigenvalue weighted by atomic mass is 10.2. The van der Waals surface area contributed by atoms with Gasteiger partial charge in [0, 0.05) is 12.1 Å². The first-order chi connectivity index (χ1) is 7.27. The Bertz CT molecular complexity index is 309. The van der Waals surface area contributed by atoms with Crippen molar-refractivity contribution in [1.82, 2.24) is 5.32 Å². The molecule has 0 saturated carbocycles. The van der Waals surface area contributed by atoms with Crippen molar-refractivity contribution in [2.45, 2.75) is 6.42 Å². The van der Waals surface area contributed by atoms with E-state index in [2.05, 4.69) is 5.32 Å². The monoisotopic (exact) mass is 208 g/mol. The third kappa shape index (κ3) is 3.59. The standard InChI is InChI=1S/C11H16N2O2/c1-15-10-5-3-9(4-6-10)11(14)13-8-2-7-12/h3-6H,2,7-8,12H2,1H3,(H,13,14). The van der Waals surface area contributed by atoms with Crippen LogP contribution >= 0.6 is 0 Å². The number of ether oxygens (including phenoxy) is 1. The Labute approximate surface area is 89.4 Å². The molecule has 1 aromatic rings. The summed E-state index contributed by atoms with van der Waals surface area (Å²) in [6.07, 6.45) is 0.794. The zero-order valence-corrected chi connectivity index (χ0v) is 8.82. The fraction of sp³-hybridized carbons (Fsp3) is 0.364. The molecule has 4 nitrogen and oxygen atoms in total. The highest BCUT2D eigenvalue weighted by Crippen LogP contribution is 2.10. The van der Waals surface area contributed by atoms with E-state index in [-0.39, 0.29) is 5.91 Å². The molecule has 0 atom stereocenters. The Morgan fingerprint density at radius 1 is 1.40 bits per heavy atom. The molecule has 0 aromatic heterocycles. The topological polar surface area (TPSA) is 64.3 Å². The van der Waals surface area contributed by atoms with Crippen LogP contribution in [0.3, 0.4) is 0 Å². The van der Waals surface area contributed by atoms with Gasteiger partial charge in [-0.1, -0.05) is 0 Å². The number of nitrogens with one attached hydrogen (secondary N) is 1. The summed E-state index contributed by atoms with van der Waals surface area (Å²) in [7, 11) is 1.59. The van der Waals surface area contributed by atoms with Crippen molar-refractivity contribution in [3.8, 4) is 5.75 Å². The van der Waals surface area contributed by atoms with E-state index in [0.29, 0.717) is 18.7 Å². The second-order valence-electron chi connectivity index (χ2n) is 3.13. The maximum Gasteiger partial charge on any atom is 0.251 e. The highest BCUT2D eigenvalue weighted by molar-refractivity contribution is 5.94. The van der Waals surface area contributed by atoms with Crippen LogP contribution in [0, 0.1) is 0 Å². The average Bonchev–Trinajstić information content (AvgIpc) is 2.29. The van der Waals surface area contributed by atoms with Crippen LogP contribution in [0.2, 0.25) is 0 Å². The van der Waals surface area contributed by atoms with Gasteiger partial charge in [-0.25, -0.2) is 0 Å². The molecule has 1 amide bonds.